The lowest BCUT2D eigenvalue weighted by Gasteiger charge is -2.12. The van der Waals surface area contributed by atoms with Gasteiger partial charge in [0.05, 0.1) is 20.3 Å². The van der Waals surface area contributed by atoms with Gasteiger partial charge >= 0.3 is 11.9 Å². The van der Waals surface area contributed by atoms with Gasteiger partial charge in [-0.15, -0.1) is 0 Å². The number of nitrogens with one attached hydrogen (secondary N) is 1. The fourth-order valence-corrected chi connectivity index (χ4v) is 1.35. The van der Waals surface area contributed by atoms with E-state index in [0.29, 0.717) is 6.07 Å². The van der Waals surface area contributed by atoms with Crippen molar-refractivity contribution in [2.24, 2.45) is 0 Å². The standard InChI is InChI=1S/C13H13F2NO4/c1-7-9(15)4-8(14)5-10(7)16-11(13(18)20-3)6-12(17)19-2/h4-6,16H,1-3H3/b11-6+. The molecule has 0 amide bonds. The molecule has 0 heterocycles. The summed E-state index contributed by atoms with van der Waals surface area (Å²) in [7, 11) is 2.23. The molecule has 1 N–H and O–H groups in total. The Morgan fingerprint density at radius 3 is 2.40 bits per heavy atom. The van der Waals surface area contributed by atoms with E-state index < -0.39 is 23.6 Å². The van der Waals surface area contributed by atoms with Crippen molar-refractivity contribution in [2.75, 3.05) is 19.5 Å². The quantitative estimate of drug-likeness (QED) is 0.676. The molecule has 0 aliphatic carbocycles. The van der Waals surface area contributed by atoms with E-state index in [9.17, 15) is 18.4 Å². The normalized spacial score (nSPS) is 10.9. The van der Waals surface area contributed by atoms with E-state index in [-0.39, 0.29) is 16.9 Å². The summed E-state index contributed by atoms with van der Waals surface area (Å²) in [4.78, 5) is 22.7. The second kappa shape index (κ2) is 6.65. The number of esters is 2. The minimum absolute atomic E-state index is 0.00283. The van der Waals surface area contributed by atoms with Crippen molar-refractivity contribution < 1.29 is 27.8 Å². The Kier molecular flexibility index (Phi) is 5.19. The molecular formula is C13H13F2NO4. The topological polar surface area (TPSA) is 64.6 Å². The summed E-state index contributed by atoms with van der Waals surface area (Å²) >= 11 is 0. The number of ether oxygens (including phenoxy) is 2. The fourth-order valence-electron chi connectivity index (χ4n) is 1.35. The molecule has 0 aliphatic rings. The van der Waals surface area contributed by atoms with E-state index in [4.69, 9.17) is 0 Å². The average molecular weight is 285 g/mol. The van der Waals surface area contributed by atoms with Crippen molar-refractivity contribution in [3.05, 3.63) is 41.1 Å². The maximum absolute atomic E-state index is 13.4. The monoisotopic (exact) mass is 285 g/mol. The Labute approximate surface area is 114 Å². The molecule has 0 radical (unpaired) electrons. The molecule has 0 spiro atoms. The molecule has 7 heteroatoms. The lowest BCUT2D eigenvalue weighted by Crippen LogP contribution is -2.16. The van der Waals surface area contributed by atoms with E-state index in [0.717, 1.165) is 26.4 Å². The highest BCUT2D eigenvalue weighted by molar-refractivity contribution is 5.98. The number of halogens is 2. The first-order chi connectivity index (χ1) is 9.38. The molecule has 5 nitrogen and oxygen atoms in total. The summed E-state index contributed by atoms with van der Waals surface area (Å²) in [6.45, 7) is 1.39. The fraction of sp³-hybridized carbons (Fsp3) is 0.231. The maximum Gasteiger partial charge on any atom is 0.354 e. The van der Waals surface area contributed by atoms with Crippen LogP contribution < -0.4 is 5.32 Å². The van der Waals surface area contributed by atoms with E-state index in [1.165, 1.54) is 6.92 Å². The van der Waals surface area contributed by atoms with Crippen molar-refractivity contribution in [1.29, 1.82) is 0 Å². The summed E-state index contributed by atoms with van der Waals surface area (Å²) in [5.74, 6) is -3.29. The molecule has 20 heavy (non-hydrogen) atoms. The van der Waals surface area contributed by atoms with Gasteiger partial charge in [-0.25, -0.2) is 18.4 Å². The van der Waals surface area contributed by atoms with Gasteiger partial charge in [-0.3, -0.25) is 0 Å². The Bertz CT molecular complexity index is 570. The summed E-state index contributed by atoms with van der Waals surface area (Å²) < 4.78 is 35.4. The van der Waals surface area contributed by atoms with Crippen LogP contribution in [0.5, 0.6) is 0 Å². The lowest BCUT2D eigenvalue weighted by atomic mass is 10.1. The molecule has 0 aliphatic heterocycles. The Morgan fingerprint density at radius 1 is 1.20 bits per heavy atom. The molecule has 0 saturated carbocycles. The summed E-state index contributed by atoms with van der Waals surface area (Å²) in [5.41, 5.74) is -0.207. The molecule has 1 aromatic rings. The summed E-state index contributed by atoms with van der Waals surface area (Å²) in [6.07, 6.45) is 0.827. The number of methoxy groups -OCH3 is 2. The largest absolute Gasteiger partial charge is 0.466 e. The number of rotatable bonds is 4. The number of anilines is 1. The highest BCUT2D eigenvalue weighted by Crippen LogP contribution is 2.21. The van der Waals surface area contributed by atoms with E-state index in [1.807, 2.05) is 0 Å². The first-order valence-corrected chi connectivity index (χ1v) is 5.49. The number of carbonyl (C=O) groups excluding carboxylic acids is 2. The zero-order chi connectivity index (χ0) is 15.3. The van der Waals surface area contributed by atoms with Gasteiger partial charge in [0.1, 0.15) is 17.3 Å². The van der Waals surface area contributed by atoms with Gasteiger partial charge in [0.15, 0.2) is 0 Å². The van der Waals surface area contributed by atoms with Gasteiger partial charge < -0.3 is 14.8 Å². The summed E-state index contributed by atoms with van der Waals surface area (Å²) in [5, 5.41) is 2.45. The third-order valence-electron chi connectivity index (χ3n) is 2.45. The zero-order valence-corrected chi connectivity index (χ0v) is 11.1. The highest BCUT2D eigenvalue weighted by atomic mass is 19.1. The SMILES string of the molecule is COC(=O)/C=C(/Nc1cc(F)cc(F)c1C)C(=O)OC. The van der Waals surface area contributed by atoms with E-state index in [1.54, 1.807) is 0 Å². The van der Waals surface area contributed by atoms with Crippen LogP contribution in [0.2, 0.25) is 0 Å². The van der Waals surface area contributed by atoms with Crippen molar-refractivity contribution in [3.8, 4) is 0 Å². The van der Waals surface area contributed by atoms with Crippen molar-refractivity contribution >= 4 is 17.6 Å². The van der Waals surface area contributed by atoms with Crippen molar-refractivity contribution in [3.63, 3.8) is 0 Å². The van der Waals surface area contributed by atoms with Crippen molar-refractivity contribution in [1.82, 2.24) is 0 Å². The van der Waals surface area contributed by atoms with Crippen molar-refractivity contribution in [2.45, 2.75) is 6.92 Å². The predicted octanol–water partition coefficient (Wildman–Crippen LogP) is 1.92. The van der Waals surface area contributed by atoms with Crippen LogP contribution in [0.4, 0.5) is 14.5 Å². The van der Waals surface area contributed by atoms with Crippen LogP contribution in [-0.4, -0.2) is 26.2 Å². The first kappa shape index (κ1) is 15.6. The first-order valence-electron chi connectivity index (χ1n) is 5.49. The molecule has 0 saturated heterocycles. The van der Waals surface area contributed by atoms with Gasteiger partial charge in [-0.2, -0.15) is 0 Å². The molecule has 0 fully saturated rings. The van der Waals surface area contributed by atoms with Gasteiger partial charge in [0, 0.05) is 17.3 Å². The number of carbonyl (C=O) groups is 2. The van der Waals surface area contributed by atoms with E-state index in [2.05, 4.69) is 14.8 Å². The molecule has 0 atom stereocenters. The number of hydrogen-bond donors (Lipinski definition) is 1. The highest BCUT2D eigenvalue weighted by Gasteiger charge is 2.15. The second-order valence-electron chi connectivity index (χ2n) is 3.76. The minimum Gasteiger partial charge on any atom is -0.466 e. The molecule has 0 bridgehead atoms. The van der Waals surface area contributed by atoms with Crippen LogP contribution in [0.15, 0.2) is 23.9 Å². The zero-order valence-electron chi connectivity index (χ0n) is 11.1. The third-order valence-corrected chi connectivity index (χ3v) is 2.45. The number of benzene rings is 1. The Balaban J connectivity index is 3.17. The van der Waals surface area contributed by atoms with Crippen LogP contribution in [0.3, 0.4) is 0 Å². The number of hydrogen-bond acceptors (Lipinski definition) is 5. The molecule has 108 valence electrons. The molecule has 0 unspecified atom stereocenters. The predicted molar refractivity (Wildman–Crippen MR) is 66.8 cm³/mol. The average Bonchev–Trinajstić information content (AvgIpc) is 2.42. The van der Waals surface area contributed by atoms with Crippen LogP contribution >= 0.6 is 0 Å². The van der Waals surface area contributed by atoms with Crippen LogP contribution in [0, 0.1) is 18.6 Å². The van der Waals surface area contributed by atoms with Crippen LogP contribution in [0.1, 0.15) is 5.56 Å². The Hall–Kier alpha value is -2.44. The van der Waals surface area contributed by atoms with Gasteiger partial charge in [-0.05, 0) is 13.0 Å². The van der Waals surface area contributed by atoms with Gasteiger partial charge in [0.2, 0.25) is 0 Å². The maximum atomic E-state index is 13.4. The van der Waals surface area contributed by atoms with Gasteiger partial charge in [0.25, 0.3) is 0 Å². The smallest absolute Gasteiger partial charge is 0.354 e. The third kappa shape index (κ3) is 3.78. The van der Waals surface area contributed by atoms with Gasteiger partial charge in [-0.1, -0.05) is 0 Å². The molecular weight excluding hydrogens is 272 g/mol. The van der Waals surface area contributed by atoms with Crippen LogP contribution in [-0.2, 0) is 19.1 Å². The molecule has 1 aromatic carbocycles. The second-order valence-corrected chi connectivity index (χ2v) is 3.76. The molecule has 1 rings (SSSR count). The molecule has 0 aromatic heterocycles. The summed E-state index contributed by atoms with van der Waals surface area (Å²) in [6, 6.07) is 1.70. The van der Waals surface area contributed by atoms with Crippen LogP contribution in [0.25, 0.3) is 0 Å². The lowest BCUT2D eigenvalue weighted by molar-refractivity contribution is -0.138. The Morgan fingerprint density at radius 2 is 1.85 bits per heavy atom. The van der Waals surface area contributed by atoms with E-state index >= 15 is 0 Å². The minimum atomic E-state index is -0.875.